The summed E-state index contributed by atoms with van der Waals surface area (Å²) in [4.78, 5) is 28.6. The van der Waals surface area contributed by atoms with Gasteiger partial charge in [-0.15, -0.1) is 0 Å². The summed E-state index contributed by atoms with van der Waals surface area (Å²) in [6.45, 7) is 4.92. The number of para-hydroxylation sites is 1. The lowest BCUT2D eigenvalue weighted by Gasteiger charge is -2.33. The van der Waals surface area contributed by atoms with E-state index in [0.29, 0.717) is 22.8 Å². The van der Waals surface area contributed by atoms with E-state index in [4.69, 9.17) is 21.1 Å². The highest BCUT2D eigenvalue weighted by molar-refractivity contribution is 7.92. The molecule has 1 N–H and O–H groups in total. The molecule has 0 aliphatic rings. The molecule has 3 aromatic carbocycles. The largest absolute Gasteiger partial charge is 0.493 e. The maximum Gasteiger partial charge on any atom is 0.264 e. The first kappa shape index (κ1) is 31.8. The van der Waals surface area contributed by atoms with Crippen LogP contribution in [0.1, 0.15) is 32.8 Å². The first-order chi connectivity index (χ1) is 19.5. The van der Waals surface area contributed by atoms with Crippen LogP contribution in [0.3, 0.4) is 0 Å². The third kappa shape index (κ3) is 7.71. The van der Waals surface area contributed by atoms with E-state index in [0.717, 1.165) is 4.31 Å². The number of carbonyl (C=O) groups is 2. The summed E-state index contributed by atoms with van der Waals surface area (Å²) >= 11 is 6.43. The number of anilines is 1. The Morgan fingerprint density at radius 2 is 1.56 bits per heavy atom. The molecule has 3 aromatic rings. The Balaban J connectivity index is 2.09. The van der Waals surface area contributed by atoms with Gasteiger partial charge in [-0.05, 0) is 56.2 Å². The van der Waals surface area contributed by atoms with Gasteiger partial charge in [-0.25, -0.2) is 8.42 Å². The highest BCUT2D eigenvalue weighted by Gasteiger charge is 2.34. The number of halogens is 1. The van der Waals surface area contributed by atoms with E-state index in [2.05, 4.69) is 5.32 Å². The second-order valence-corrected chi connectivity index (χ2v) is 11.8. The average Bonchev–Trinajstić information content (AvgIpc) is 2.96. The molecule has 1 atom stereocenters. The van der Waals surface area contributed by atoms with E-state index < -0.39 is 28.5 Å². The van der Waals surface area contributed by atoms with Crippen LogP contribution in [0, 0.1) is 0 Å². The summed E-state index contributed by atoms with van der Waals surface area (Å²) in [7, 11) is -1.41. The van der Waals surface area contributed by atoms with Crippen LogP contribution in [0.4, 0.5) is 5.69 Å². The minimum atomic E-state index is -4.27. The number of benzene rings is 3. The normalized spacial score (nSPS) is 12.0. The van der Waals surface area contributed by atoms with E-state index in [9.17, 15) is 18.0 Å². The van der Waals surface area contributed by atoms with Gasteiger partial charge in [0, 0.05) is 23.7 Å². The third-order valence-electron chi connectivity index (χ3n) is 6.38. The van der Waals surface area contributed by atoms with Crippen molar-refractivity contribution in [2.45, 2.75) is 50.7 Å². The number of nitrogens with one attached hydrogen (secondary N) is 1. The van der Waals surface area contributed by atoms with Gasteiger partial charge in [0.25, 0.3) is 10.0 Å². The smallest absolute Gasteiger partial charge is 0.264 e. The SMILES string of the molecule is CC[C@H](C(=O)NC(C)C)N(Cc1ccccc1Cl)C(=O)CN(c1ccccc1)S(=O)(=O)c1ccc(OC)c(OC)c1. The first-order valence-electron chi connectivity index (χ1n) is 13.2. The maximum atomic E-state index is 14.1. The molecule has 11 heteroatoms. The third-order valence-corrected chi connectivity index (χ3v) is 8.52. The molecular formula is C30H36ClN3O6S. The minimum Gasteiger partial charge on any atom is -0.493 e. The number of methoxy groups -OCH3 is 2. The van der Waals surface area contributed by atoms with E-state index in [1.807, 2.05) is 13.8 Å². The van der Waals surface area contributed by atoms with Gasteiger partial charge in [-0.2, -0.15) is 0 Å². The fourth-order valence-electron chi connectivity index (χ4n) is 4.34. The van der Waals surface area contributed by atoms with Crippen LogP contribution in [-0.2, 0) is 26.2 Å². The Bertz CT molecular complexity index is 1450. The Hall–Kier alpha value is -3.76. The number of amides is 2. The van der Waals surface area contributed by atoms with E-state index >= 15 is 0 Å². The molecule has 0 aliphatic heterocycles. The van der Waals surface area contributed by atoms with Crippen LogP contribution < -0.4 is 19.1 Å². The summed E-state index contributed by atoms with van der Waals surface area (Å²) < 4.78 is 39.7. The highest BCUT2D eigenvalue weighted by Crippen LogP contribution is 2.32. The molecule has 0 unspecified atom stereocenters. The molecule has 0 spiro atoms. The van der Waals surface area contributed by atoms with Crippen molar-refractivity contribution in [3.63, 3.8) is 0 Å². The molecule has 0 bridgehead atoms. The van der Waals surface area contributed by atoms with Crippen molar-refractivity contribution in [2.75, 3.05) is 25.1 Å². The summed E-state index contributed by atoms with van der Waals surface area (Å²) in [6.07, 6.45) is 0.308. The maximum absolute atomic E-state index is 14.1. The molecule has 3 rings (SSSR count). The molecule has 0 radical (unpaired) electrons. The van der Waals surface area contributed by atoms with Gasteiger partial charge >= 0.3 is 0 Å². The van der Waals surface area contributed by atoms with Crippen molar-refractivity contribution in [3.05, 3.63) is 83.4 Å². The lowest BCUT2D eigenvalue weighted by atomic mass is 10.1. The number of sulfonamides is 1. The predicted molar refractivity (Wildman–Crippen MR) is 160 cm³/mol. The fraction of sp³-hybridized carbons (Fsp3) is 0.333. The van der Waals surface area contributed by atoms with Gasteiger partial charge < -0.3 is 19.7 Å². The van der Waals surface area contributed by atoms with Crippen molar-refractivity contribution < 1.29 is 27.5 Å². The average molecular weight is 602 g/mol. The van der Waals surface area contributed by atoms with Crippen LogP contribution >= 0.6 is 11.6 Å². The second kappa shape index (κ2) is 14.2. The number of ether oxygens (including phenoxy) is 2. The van der Waals surface area contributed by atoms with Gasteiger partial charge in [0.15, 0.2) is 11.5 Å². The van der Waals surface area contributed by atoms with Crippen molar-refractivity contribution in [2.24, 2.45) is 0 Å². The molecule has 2 amide bonds. The Labute approximate surface area is 247 Å². The summed E-state index contributed by atoms with van der Waals surface area (Å²) in [5.41, 5.74) is 0.917. The van der Waals surface area contributed by atoms with Crippen molar-refractivity contribution in [3.8, 4) is 11.5 Å². The molecule has 0 aliphatic carbocycles. The zero-order valence-electron chi connectivity index (χ0n) is 23.8. The fourth-order valence-corrected chi connectivity index (χ4v) is 5.96. The van der Waals surface area contributed by atoms with Crippen LogP contribution in [0.5, 0.6) is 11.5 Å². The molecule has 0 fully saturated rings. The van der Waals surface area contributed by atoms with Crippen LogP contribution in [-0.4, -0.2) is 58.0 Å². The standard InChI is InChI=1S/C30H36ClN3O6S/c1-6-26(30(36)32-21(2)3)33(19-22-12-10-11-15-25(22)31)29(35)20-34(23-13-8-7-9-14-23)41(37,38)24-16-17-27(39-4)28(18-24)40-5/h7-18,21,26H,6,19-20H2,1-5H3,(H,32,36)/t26-/m1/s1. The number of hydrogen-bond acceptors (Lipinski definition) is 6. The molecule has 0 aromatic heterocycles. The lowest BCUT2D eigenvalue weighted by Crippen LogP contribution is -2.53. The van der Waals surface area contributed by atoms with Crippen LogP contribution in [0.25, 0.3) is 0 Å². The summed E-state index contributed by atoms with van der Waals surface area (Å²) in [5.74, 6) is -0.313. The topological polar surface area (TPSA) is 105 Å². The molecule has 0 heterocycles. The van der Waals surface area contributed by atoms with Gasteiger partial charge in [0.1, 0.15) is 12.6 Å². The molecular weight excluding hydrogens is 566 g/mol. The Morgan fingerprint density at radius 1 is 0.927 bits per heavy atom. The molecule has 0 saturated heterocycles. The van der Waals surface area contributed by atoms with E-state index in [1.165, 1.54) is 37.3 Å². The monoisotopic (exact) mass is 601 g/mol. The predicted octanol–water partition coefficient (Wildman–Crippen LogP) is 4.88. The van der Waals surface area contributed by atoms with Crippen molar-refractivity contribution in [1.29, 1.82) is 0 Å². The van der Waals surface area contributed by atoms with E-state index in [1.54, 1.807) is 61.5 Å². The first-order valence-corrected chi connectivity index (χ1v) is 15.0. The van der Waals surface area contributed by atoms with Gasteiger partial charge in [-0.3, -0.25) is 13.9 Å². The molecule has 41 heavy (non-hydrogen) atoms. The van der Waals surface area contributed by atoms with Crippen molar-refractivity contribution in [1.82, 2.24) is 10.2 Å². The van der Waals surface area contributed by atoms with Gasteiger partial charge in [-0.1, -0.05) is 54.9 Å². The molecule has 220 valence electrons. The van der Waals surface area contributed by atoms with Crippen molar-refractivity contribution >= 4 is 39.1 Å². The summed E-state index contributed by atoms with van der Waals surface area (Å²) in [6, 6.07) is 18.6. The van der Waals surface area contributed by atoms with Crippen LogP contribution in [0.15, 0.2) is 77.7 Å². The Kier molecular flexibility index (Phi) is 11.0. The summed E-state index contributed by atoms with van der Waals surface area (Å²) in [5, 5.41) is 3.30. The lowest BCUT2D eigenvalue weighted by molar-refractivity contribution is -0.140. The van der Waals surface area contributed by atoms with Gasteiger partial charge in [0.2, 0.25) is 11.8 Å². The minimum absolute atomic E-state index is 0.0154. The van der Waals surface area contributed by atoms with Crippen LogP contribution in [0.2, 0.25) is 5.02 Å². The zero-order valence-corrected chi connectivity index (χ0v) is 25.4. The second-order valence-electron chi connectivity index (χ2n) is 9.56. The number of hydrogen-bond donors (Lipinski definition) is 1. The quantitative estimate of drug-likeness (QED) is 0.299. The highest BCUT2D eigenvalue weighted by atomic mass is 35.5. The number of carbonyl (C=O) groups excluding carboxylic acids is 2. The zero-order chi connectivity index (χ0) is 30.2. The molecule has 9 nitrogen and oxygen atoms in total. The van der Waals surface area contributed by atoms with E-state index in [-0.39, 0.29) is 34.8 Å². The number of rotatable bonds is 13. The Morgan fingerprint density at radius 3 is 2.15 bits per heavy atom. The number of nitrogens with zero attached hydrogens (tertiary/aromatic N) is 2. The van der Waals surface area contributed by atoms with Gasteiger partial charge in [0.05, 0.1) is 24.8 Å². The molecule has 0 saturated carbocycles.